The molecule has 0 radical (unpaired) electrons. The Morgan fingerprint density at radius 1 is 1.42 bits per heavy atom. The summed E-state index contributed by atoms with van der Waals surface area (Å²) in [5, 5.41) is 14.6. The maximum absolute atomic E-state index is 9.51. The van der Waals surface area contributed by atoms with Crippen molar-refractivity contribution in [2.75, 3.05) is 0 Å². The van der Waals surface area contributed by atoms with Crippen LogP contribution in [0.2, 0.25) is 0 Å². The number of aromatic hydroxyl groups is 1. The van der Waals surface area contributed by atoms with Crippen molar-refractivity contribution >= 4 is 10.9 Å². The van der Waals surface area contributed by atoms with Crippen molar-refractivity contribution in [1.82, 2.24) is 9.78 Å². The molecule has 0 aliphatic carbocycles. The second kappa shape index (κ2) is 2.24. The monoisotopic (exact) mass is 162 g/mol. The van der Waals surface area contributed by atoms with E-state index in [4.69, 9.17) is 0 Å². The molecular formula is C9H10N2O. The lowest BCUT2D eigenvalue weighted by atomic mass is 10.2. The van der Waals surface area contributed by atoms with Gasteiger partial charge in [0.1, 0.15) is 5.75 Å². The molecule has 1 aromatic carbocycles. The van der Waals surface area contributed by atoms with Gasteiger partial charge in [0, 0.05) is 7.05 Å². The Labute approximate surface area is 70.2 Å². The summed E-state index contributed by atoms with van der Waals surface area (Å²) in [6, 6.07) is 5.44. The Morgan fingerprint density at radius 3 is 2.83 bits per heavy atom. The summed E-state index contributed by atoms with van der Waals surface area (Å²) in [5.41, 5.74) is 1.83. The Bertz CT molecular complexity index is 431. The molecule has 1 aromatic heterocycles. The molecule has 0 amide bonds. The van der Waals surface area contributed by atoms with Crippen molar-refractivity contribution in [3.63, 3.8) is 0 Å². The summed E-state index contributed by atoms with van der Waals surface area (Å²) in [4.78, 5) is 0. The average Bonchev–Trinajstić information content (AvgIpc) is 2.29. The van der Waals surface area contributed by atoms with Crippen molar-refractivity contribution in [1.29, 1.82) is 0 Å². The van der Waals surface area contributed by atoms with Crippen LogP contribution in [0.25, 0.3) is 10.9 Å². The molecule has 62 valence electrons. The van der Waals surface area contributed by atoms with Crippen LogP contribution >= 0.6 is 0 Å². The Kier molecular flexibility index (Phi) is 1.33. The summed E-state index contributed by atoms with van der Waals surface area (Å²) in [6.07, 6.45) is 0. The Hall–Kier alpha value is -1.51. The van der Waals surface area contributed by atoms with Crippen LogP contribution in [0.1, 0.15) is 5.69 Å². The summed E-state index contributed by atoms with van der Waals surface area (Å²) >= 11 is 0. The highest BCUT2D eigenvalue weighted by Crippen LogP contribution is 2.26. The number of aromatic nitrogens is 2. The molecular weight excluding hydrogens is 152 g/mol. The minimum Gasteiger partial charge on any atom is -0.507 e. The van der Waals surface area contributed by atoms with Gasteiger partial charge in [-0.25, -0.2) is 0 Å². The van der Waals surface area contributed by atoms with Gasteiger partial charge in [-0.05, 0) is 19.1 Å². The maximum atomic E-state index is 9.51. The highest BCUT2D eigenvalue weighted by Gasteiger charge is 2.07. The van der Waals surface area contributed by atoms with Gasteiger partial charge in [0.25, 0.3) is 0 Å². The molecule has 2 aromatic rings. The Balaban J connectivity index is 2.99. The number of phenols is 1. The van der Waals surface area contributed by atoms with Crippen molar-refractivity contribution in [3.05, 3.63) is 23.9 Å². The molecule has 0 atom stereocenters. The van der Waals surface area contributed by atoms with E-state index in [-0.39, 0.29) is 0 Å². The van der Waals surface area contributed by atoms with Crippen LogP contribution in [-0.2, 0) is 7.05 Å². The fourth-order valence-corrected chi connectivity index (χ4v) is 1.50. The van der Waals surface area contributed by atoms with Gasteiger partial charge in [0.2, 0.25) is 0 Å². The minimum absolute atomic E-state index is 0.304. The number of aryl methyl sites for hydroxylation is 2. The predicted octanol–water partition coefficient (Wildman–Crippen LogP) is 1.59. The van der Waals surface area contributed by atoms with E-state index in [9.17, 15) is 5.11 Å². The van der Waals surface area contributed by atoms with Crippen LogP contribution in [0.15, 0.2) is 18.2 Å². The second-order valence-corrected chi connectivity index (χ2v) is 2.88. The maximum Gasteiger partial charge on any atom is 0.126 e. The van der Waals surface area contributed by atoms with E-state index in [2.05, 4.69) is 5.10 Å². The normalized spacial score (nSPS) is 10.8. The van der Waals surface area contributed by atoms with E-state index in [0.29, 0.717) is 5.75 Å². The van der Waals surface area contributed by atoms with Crippen LogP contribution in [0.3, 0.4) is 0 Å². The van der Waals surface area contributed by atoms with E-state index in [0.717, 1.165) is 16.6 Å². The van der Waals surface area contributed by atoms with Crippen LogP contribution < -0.4 is 0 Å². The third-order valence-electron chi connectivity index (χ3n) is 2.03. The minimum atomic E-state index is 0.304. The van der Waals surface area contributed by atoms with E-state index in [1.54, 1.807) is 10.7 Å². The SMILES string of the molecule is Cc1nn(C)c2cccc(O)c12. The Morgan fingerprint density at radius 2 is 2.17 bits per heavy atom. The molecule has 0 fully saturated rings. The first-order valence-corrected chi connectivity index (χ1v) is 3.81. The summed E-state index contributed by atoms with van der Waals surface area (Å²) in [7, 11) is 1.87. The summed E-state index contributed by atoms with van der Waals surface area (Å²) in [6.45, 7) is 1.89. The van der Waals surface area contributed by atoms with E-state index < -0.39 is 0 Å². The van der Waals surface area contributed by atoms with Gasteiger partial charge in [-0.15, -0.1) is 0 Å². The van der Waals surface area contributed by atoms with Crippen molar-refractivity contribution in [2.45, 2.75) is 6.92 Å². The van der Waals surface area contributed by atoms with Crippen molar-refractivity contribution < 1.29 is 5.11 Å². The standard InChI is InChI=1S/C9H10N2O/c1-6-9-7(11(2)10-6)4-3-5-8(9)12/h3-5,12H,1-2H3. The predicted molar refractivity (Wildman–Crippen MR) is 47.1 cm³/mol. The summed E-state index contributed by atoms with van der Waals surface area (Å²) < 4.78 is 1.77. The zero-order valence-electron chi connectivity index (χ0n) is 7.07. The fraction of sp³-hybridized carbons (Fsp3) is 0.222. The average molecular weight is 162 g/mol. The number of hydrogen-bond donors (Lipinski definition) is 1. The van der Waals surface area contributed by atoms with Gasteiger partial charge >= 0.3 is 0 Å². The zero-order valence-corrected chi connectivity index (χ0v) is 7.07. The lowest BCUT2D eigenvalue weighted by Gasteiger charge is -1.94. The summed E-state index contributed by atoms with van der Waals surface area (Å²) in [5.74, 6) is 0.304. The molecule has 1 N–H and O–H groups in total. The van der Waals surface area contributed by atoms with Crippen LogP contribution in [-0.4, -0.2) is 14.9 Å². The number of rotatable bonds is 0. The second-order valence-electron chi connectivity index (χ2n) is 2.88. The van der Waals surface area contributed by atoms with Gasteiger partial charge in [0.05, 0.1) is 16.6 Å². The smallest absolute Gasteiger partial charge is 0.126 e. The van der Waals surface area contributed by atoms with E-state index in [1.165, 1.54) is 0 Å². The molecule has 0 bridgehead atoms. The molecule has 12 heavy (non-hydrogen) atoms. The molecule has 3 heteroatoms. The van der Waals surface area contributed by atoms with Crippen molar-refractivity contribution in [2.24, 2.45) is 7.05 Å². The number of benzene rings is 1. The first-order valence-electron chi connectivity index (χ1n) is 3.81. The largest absolute Gasteiger partial charge is 0.507 e. The third-order valence-corrected chi connectivity index (χ3v) is 2.03. The number of hydrogen-bond acceptors (Lipinski definition) is 2. The molecule has 0 saturated carbocycles. The molecule has 0 aliphatic heterocycles. The molecule has 1 heterocycles. The van der Waals surface area contributed by atoms with Crippen LogP contribution in [0, 0.1) is 6.92 Å². The molecule has 3 nitrogen and oxygen atoms in total. The lowest BCUT2D eigenvalue weighted by molar-refractivity contribution is 0.481. The van der Waals surface area contributed by atoms with E-state index >= 15 is 0 Å². The molecule has 0 saturated heterocycles. The number of phenolic OH excluding ortho intramolecular Hbond substituents is 1. The number of nitrogens with zero attached hydrogens (tertiary/aromatic N) is 2. The molecule has 0 aliphatic rings. The highest BCUT2D eigenvalue weighted by atomic mass is 16.3. The molecule has 2 rings (SSSR count). The lowest BCUT2D eigenvalue weighted by Crippen LogP contribution is -1.88. The van der Waals surface area contributed by atoms with Gasteiger partial charge in [-0.1, -0.05) is 6.07 Å². The van der Waals surface area contributed by atoms with Gasteiger partial charge in [-0.2, -0.15) is 5.10 Å². The fourth-order valence-electron chi connectivity index (χ4n) is 1.50. The zero-order chi connectivity index (χ0) is 8.72. The van der Waals surface area contributed by atoms with Gasteiger partial charge < -0.3 is 5.11 Å². The molecule has 0 spiro atoms. The van der Waals surface area contributed by atoms with Gasteiger partial charge in [-0.3, -0.25) is 4.68 Å². The highest BCUT2D eigenvalue weighted by molar-refractivity contribution is 5.87. The van der Waals surface area contributed by atoms with Gasteiger partial charge in [0.15, 0.2) is 0 Å². The topological polar surface area (TPSA) is 38.0 Å². The number of fused-ring (bicyclic) bond motifs is 1. The third kappa shape index (κ3) is 0.794. The van der Waals surface area contributed by atoms with Crippen LogP contribution in [0.5, 0.6) is 5.75 Å². The van der Waals surface area contributed by atoms with Crippen molar-refractivity contribution in [3.8, 4) is 5.75 Å². The van der Waals surface area contributed by atoms with Crippen LogP contribution in [0.4, 0.5) is 0 Å². The quantitative estimate of drug-likeness (QED) is 0.638. The molecule has 0 unspecified atom stereocenters. The first kappa shape index (κ1) is 7.16. The first-order chi connectivity index (χ1) is 5.70. The van der Waals surface area contributed by atoms with E-state index in [1.807, 2.05) is 26.1 Å².